The number of halogens is 2. The van der Waals surface area contributed by atoms with Gasteiger partial charge in [0.05, 0.1) is 0 Å². The summed E-state index contributed by atoms with van der Waals surface area (Å²) >= 11 is 6.03. The van der Waals surface area contributed by atoms with Gasteiger partial charge >= 0.3 is 0 Å². The lowest BCUT2D eigenvalue weighted by Crippen LogP contribution is -2.49. The summed E-state index contributed by atoms with van der Waals surface area (Å²) in [6, 6.07) is 4.58. The molecule has 2 nitrogen and oxygen atoms in total. The van der Waals surface area contributed by atoms with Crippen LogP contribution in [0.1, 0.15) is 31.2 Å². The lowest BCUT2D eigenvalue weighted by molar-refractivity contribution is 0.153. The molecule has 0 bridgehead atoms. The molecular weight excluding hydrogens is 263 g/mol. The van der Waals surface area contributed by atoms with Gasteiger partial charge in [-0.1, -0.05) is 30.5 Å². The monoisotopic (exact) mass is 284 g/mol. The Balaban J connectivity index is 1.92. The molecule has 0 spiro atoms. The van der Waals surface area contributed by atoms with Crippen LogP contribution in [0.2, 0.25) is 5.02 Å². The van der Waals surface area contributed by atoms with Gasteiger partial charge < -0.3 is 10.2 Å². The van der Waals surface area contributed by atoms with Crippen LogP contribution in [0.5, 0.6) is 0 Å². The van der Waals surface area contributed by atoms with Crippen molar-refractivity contribution < 1.29 is 4.39 Å². The molecule has 0 saturated heterocycles. The molecule has 0 unspecified atom stereocenters. The second-order valence-electron chi connectivity index (χ2n) is 5.67. The molecule has 0 aromatic heterocycles. The highest BCUT2D eigenvalue weighted by Gasteiger charge is 2.35. The third-order valence-corrected chi connectivity index (χ3v) is 4.62. The summed E-state index contributed by atoms with van der Waals surface area (Å²) in [5.74, 6) is -0.283. The van der Waals surface area contributed by atoms with Crippen molar-refractivity contribution in [1.29, 1.82) is 0 Å². The molecular formula is C15H22ClFN2. The van der Waals surface area contributed by atoms with Crippen LogP contribution in [0.25, 0.3) is 0 Å². The van der Waals surface area contributed by atoms with Crippen molar-refractivity contribution in [3.8, 4) is 0 Å². The molecule has 0 radical (unpaired) electrons. The highest BCUT2D eigenvalue weighted by molar-refractivity contribution is 6.31. The number of hydrogen-bond acceptors (Lipinski definition) is 2. The number of rotatable bonds is 5. The molecule has 1 N–H and O–H groups in total. The minimum Gasteiger partial charge on any atom is -0.311 e. The fraction of sp³-hybridized carbons (Fsp3) is 0.600. The van der Waals surface area contributed by atoms with Gasteiger partial charge in [-0.25, -0.2) is 4.39 Å². The summed E-state index contributed by atoms with van der Waals surface area (Å²) in [6.07, 6.45) is 5.09. The van der Waals surface area contributed by atoms with Gasteiger partial charge in [0.15, 0.2) is 0 Å². The fourth-order valence-electron chi connectivity index (χ4n) is 2.91. The minimum atomic E-state index is -0.283. The van der Waals surface area contributed by atoms with Crippen molar-refractivity contribution >= 4 is 11.6 Å². The Labute approximate surface area is 119 Å². The van der Waals surface area contributed by atoms with Crippen LogP contribution in [0.15, 0.2) is 18.2 Å². The van der Waals surface area contributed by atoms with E-state index in [9.17, 15) is 4.39 Å². The Kier molecular flexibility index (Phi) is 4.82. The van der Waals surface area contributed by atoms with Crippen LogP contribution in [0.4, 0.5) is 4.39 Å². The fourth-order valence-corrected chi connectivity index (χ4v) is 3.14. The maximum atomic E-state index is 13.0. The summed E-state index contributed by atoms with van der Waals surface area (Å²) in [6.45, 7) is 1.64. The lowest BCUT2D eigenvalue weighted by atomic mass is 9.96. The van der Waals surface area contributed by atoms with Gasteiger partial charge in [-0.05, 0) is 44.6 Å². The Morgan fingerprint density at radius 2 is 2.00 bits per heavy atom. The first-order valence-corrected chi connectivity index (χ1v) is 7.23. The summed E-state index contributed by atoms with van der Waals surface area (Å²) < 4.78 is 13.0. The summed E-state index contributed by atoms with van der Waals surface area (Å²) in [7, 11) is 4.30. The number of hydrogen-bond donors (Lipinski definition) is 1. The van der Waals surface area contributed by atoms with Crippen LogP contribution in [-0.2, 0) is 6.54 Å². The topological polar surface area (TPSA) is 15.3 Å². The standard InChI is InChI=1S/C15H22ClFN2/c1-19(2)15(7-3-4-8-15)11-18-10-12-5-6-13(17)9-14(12)16/h5-6,9,18H,3-4,7-8,10-11H2,1-2H3. The van der Waals surface area contributed by atoms with Crippen LogP contribution < -0.4 is 5.32 Å². The van der Waals surface area contributed by atoms with Crippen LogP contribution in [0.3, 0.4) is 0 Å². The first-order chi connectivity index (χ1) is 9.03. The highest BCUT2D eigenvalue weighted by atomic mass is 35.5. The summed E-state index contributed by atoms with van der Waals surface area (Å²) in [5, 5.41) is 3.98. The second-order valence-corrected chi connectivity index (χ2v) is 6.07. The van der Waals surface area contributed by atoms with Gasteiger partial charge in [-0.15, -0.1) is 0 Å². The van der Waals surface area contributed by atoms with E-state index in [1.807, 2.05) is 0 Å². The van der Waals surface area contributed by atoms with Gasteiger partial charge in [-0.2, -0.15) is 0 Å². The molecule has 0 atom stereocenters. The van der Waals surface area contributed by atoms with Crippen molar-refractivity contribution in [1.82, 2.24) is 10.2 Å². The van der Waals surface area contributed by atoms with Crippen LogP contribution >= 0.6 is 11.6 Å². The van der Waals surface area contributed by atoms with Gasteiger partial charge in [0.25, 0.3) is 0 Å². The maximum absolute atomic E-state index is 13.0. The van der Waals surface area contributed by atoms with Gasteiger partial charge in [0.2, 0.25) is 0 Å². The molecule has 1 aliphatic rings. The third kappa shape index (κ3) is 3.47. The molecule has 2 rings (SSSR count). The molecule has 0 heterocycles. The van der Waals surface area contributed by atoms with E-state index >= 15 is 0 Å². The first kappa shape index (κ1) is 14.8. The van der Waals surface area contributed by atoms with E-state index in [2.05, 4.69) is 24.3 Å². The number of likely N-dealkylation sites (N-methyl/N-ethyl adjacent to an activating group) is 1. The second kappa shape index (κ2) is 6.21. The van der Waals surface area contributed by atoms with Crippen molar-refractivity contribution in [3.63, 3.8) is 0 Å². The zero-order valence-electron chi connectivity index (χ0n) is 11.7. The van der Waals surface area contributed by atoms with E-state index in [1.165, 1.54) is 37.8 Å². The van der Waals surface area contributed by atoms with E-state index in [0.717, 1.165) is 12.1 Å². The van der Waals surface area contributed by atoms with Crippen molar-refractivity contribution in [2.45, 2.75) is 37.8 Å². The van der Waals surface area contributed by atoms with Crippen molar-refractivity contribution in [2.75, 3.05) is 20.6 Å². The normalized spacial score (nSPS) is 18.2. The molecule has 19 heavy (non-hydrogen) atoms. The Morgan fingerprint density at radius 1 is 1.32 bits per heavy atom. The molecule has 1 aromatic carbocycles. The predicted molar refractivity (Wildman–Crippen MR) is 78.0 cm³/mol. The predicted octanol–water partition coefficient (Wildman–Crippen LogP) is 3.44. The molecule has 0 aliphatic heterocycles. The Bertz CT molecular complexity index is 428. The number of nitrogens with one attached hydrogen (secondary N) is 1. The Hall–Kier alpha value is -0.640. The number of nitrogens with zero attached hydrogens (tertiary/aromatic N) is 1. The molecule has 1 aromatic rings. The first-order valence-electron chi connectivity index (χ1n) is 6.86. The van der Waals surface area contributed by atoms with E-state index in [4.69, 9.17) is 11.6 Å². The molecule has 106 valence electrons. The van der Waals surface area contributed by atoms with E-state index < -0.39 is 0 Å². The summed E-state index contributed by atoms with van der Waals surface area (Å²) in [4.78, 5) is 2.33. The average Bonchev–Trinajstić information content (AvgIpc) is 2.82. The largest absolute Gasteiger partial charge is 0.311 e. The Morgan fingerprint density at radius 3 is 2.58 bits per heavy atom. The van der Waals surface area contributed by atoms with Crippen LogP contribution in [0, 0.1) is 5.82 Å². The zero-order chi connectivity index (χ0) is 13.9. The molecule has 4 heteroatoms. The quantitative estimate of drug-likeness (QED) is 0.891. The van der Waals surface area contributed by atoms with Gasteiger partial charge in [0.1, 0.15) is 5.82 Å². The van der Waals surface area contributed by atoms with Gasteiger partial charge in [-0.3, -0.25) is 0 Å². The SMILES string of the molecule is CN(C)C1(CNCc2ccc(F)cc2Cl)CCCC1. The zero-order valence-corrected chi connectivity index (χ0v) is 12.4. The molecule has 1 aliphatic carbocycles. The third-order valence-electron chi connectivity index (χ3n) is 4.27. The van der Waals surface area contributed by atoms with E-state index in [-0.39, 0.29) is 11.4 Å². The number of benzene rings is 1. The maximum Gasteiger partial charge on any atom is 0.124 e. The molecule has 1 fully saturated rings. The van der Waals surface area contributed by atoms with E-state index in [1.54, 1.807) is 6.07 Å². The van der Waals surface area contributed by atoms with Gasteiger partial charge in [0, 0.05) is 23.7 Å². The highest BCUT2D eigenvalue weighted by Crippen LogP contribution is 2.33. The smallest absolute Gasteiger partial charge is 0.124 e. The average molecular weight is 285 g/mol. The lowest BCUT2D eigenvalue weighted by Gasteiger charge is -2.36. The minimum absolute atomic E-state index is 0.270. The van der Waals surface area contributed by atoms with Crippen molar-refractivity contribution in [3.05, 3.63) is 34.6 Å². The molecule has 1 saturated carbocycles. The van der Waals surface area contributed by atoms with Crippen molar-refractivity contribution in [2.24, 2.45) is 0 Å². The summed E-state index contributed by atoms with van der Waals surface area (Å²) in [5.41, 5.74) is 1.22. The van der Waals surface area contributed by atoms with E-state index in [0.29, 0.717) is 11.6 Å². The van der Waals surface area contributed by atoms with Crippen LogP contribution in [-0.4, -0.2) is 31.1 Å². The molecule has 0 amide bonds.